The van der Waals surface area contributed by atoms with Gasteiger partial charge in [0, 0.05) is 18.2 Å². The molecular weight excluding hydrogens is 400 g/mol. The Kier molecular flexibility index (Phi) is 5.58. The van der Waals surface area contributed by atoms with Crippen molar-refractivity contribution >= 4 is 11.6 Å². The number of hydrogen-bond acceptors (Lipinski definition) is 4. The van der Waals surface area contributed by atoms with Crippen molar-refractivity contribution in [3.05, 3.63) is 83.9 Å². The Hall–Kier alpha value is -3.31. The number of nitrogens with zero attached hydrogens (tertiary/aromatic N) is 1. The average molecular weight is 429 g/mol. The van der Waals surface area contributed by atoms with Crippen LogP contribution in [0.25, 0.3) is 11.1 Å². The van der Waals surface area contributed by atoms with Crippen molar-refractivity contribution in [1.29, 1.82) is 0 Å². The molecule has 0 unspecified atom stereocenters. The Balaban J connectivity index is 1.51. The van der Waals surface area contributed by atoms with E-state index in [-0.39, 0.29) is 30.5 Å². The van der Waals surface area contributed by atoms with E-state index in [1.54, 1.807) is 7.11 Å². The van der Waals surface area contributed by atoms with E-state index >= 15 is 0 Å². The lowest BCUT2D eigenvalue weighted by Gasteiger charge is -2.39. The van der Waals surface area contributed by atoms with Crippen LogP contribution in [0.2, 0.25) is 0 Å². The number of nitrogens with one attached hydrogen (secondary N) is 1. The molecule has 0 saturated carbocycles. The molecule has 164 valence electrons. The van der Waals surface area contributed by atoms with Gasteiger partial charge in [-0.25, -0.2) is 0 Å². The van der Waals surface area contributed by atoms with Gasteiger partial charge in [0.2, 0.25) is 5.91 Å². The van der Waals surface area contributed by atoms with Gasteiger partial charge in [-0.3, -0.25) is 4.79 Å². The highest BCUT2D eigenvalue weighted by Crippen LogP contribution is 2.47. The molecule has 0 spiro atoms. The van der Waals surface area contributed by atoms with Gasteiger partial charge in [0.1, 0.15) is 5.75 Å². The third kappa shape index (κ3) is 3.73. The van der Waals surface area contributed by atoms with Gasteiger partial charge < -0.3 is 20.1 Å². The lowest BCUT2D eigenvalue weighted by Crippen LogP contribution is -2.43. The van der Waals surface area contributed by atoms with Crippen LogP contribution in [0.5, 0.6) is 5.75 Å². The molecule has 0 aromatic heterocycles. The van der Waals surface area contributed by atoms with E-state index in [9.17, 15) is 9.90 Å². The number of carbonyl (C=O) groups is 1. The number of amides is 1. The smallest absolute Gasteiger partial charge is 0.227 e. The van der Waals surface area contributed by atoms with E-state index in [0.29, 0.717) is 13.0 Å². The lowest BCUT2D eigenvalue weighted by molar-refractivity contribution is -0.131. The molecule has 0 bridgehead atoms. The van der Waals surface area contributed by atoms with E-state index < -0.39 is 0 Å². The number of rotatable bonds is 5. The van der Waals surface area contributed by atoms with Crippen LogP contribution in [0, 0.1) is 5.92 Å². The van der Waals surface area contributed by atoms with Crippen LogP contribution in [0.4, 0.5) is 5.69 Å². The molecule has 2 heterocycles. The molecule has 32 heavy (non-hydrogen) atoms. The summed E-state index contributed by atoms with van der Waals surface area (Å²) in [5.74, 6) is 1.14. The summed E-state index contributed by atoms with van der Waals surface area (Å²) in [7, 11) is 1.67. The maximum absolute atomic E-state index is 13.3. The minimum atomic E-state index is -0.0512. The van der Waals surface area contributed by atoms with Crippen molar-refractivity contribution in [2.24, 2.45) is 5.92 Å². The number of fused-ring (bicyclic) bond motifs is 3. The largest absolute Gasteiger partial charge is 0.497 e. The zero-order valence-corrected chi connectivity index (χ0v) is 18.2. The van der Waals surface area contributed by atoms with Gasteiger partial charge in [0.25, 0.3) is 0 Å². The van der Waals surface area contributed by atoms with Crippen molar-refractivity contribution in [2.75, 3.05) is 25.6 Å². The van der Waals surface area contributed by atoms with Crippen LogP contribution in [0.3, 0.4) is 0 Å². The fourth-order valence-electron chi connectivity index (χ4n) is 5.20. The van der Waals surface area contributed by atoms with Crippen LogP contribution >= 0.6 is 0 Å². The first-order chi connectivity index (χ1) is 15.7. The average Bonchev–Trinajstić information content (AvgIpc) is 3.30. The standard InChI is InChI=1S/C27H28N2O3/c1-32-21-9-5-8-19(15-21)20-10-11-24-23(16-20)27-22(25(17-30)28-24)12-13-29(27)26(31)14-18-6-3-2-4-7-18/h2-11,15-16,22,25,27-28,30H,12-14,17H2,1H3/t22-,25+,27-/m1/s1. The summed E-state index contributed by atoms with van der Waals surface area (Å²) >= 11 is 0. The number of aliphatic hydroxyl groups is 1. The Morgan fingerprint density at radius 1 is 1.06 bits per heavy atom. The van der Waals surface area contributed by atoms with Crippen molar-refractivity contribution in [1.82, 2.24) is 4.90 Å². The van der Waals surface area contributed by atoms with Gasteiger partial charge in [-0.05, 0) is 52.9 Å². The zero-order valence-electron chi connectivity index (χ0n) is 18.2. The number of carbonyl (C=O) groups excluding carboxylic acids is 1. The minimum absolute atomic E-state index is 0.0369. The molecule has 2 aliphatic heterocycles. The number of methoxy groups -OCH3 is 1. The van der Waals surface area contributed by atoms with Crippen LogP contribution in [0.15, 0.2) is 72.8 Å². The first-order valence-corrected chi connectivity index (χ1v) is 11.2. The fraction of sp³-hybridized carbons (Fsp3) is 0.296. The number of hydrogen-bond donors (Lipinski definition) is 2. The molecule has 5 nitrogen and oxygen atoms in total. The quantitative estimate of drug-likeness (QED) is 0.637. The molecule has 5 rings (SSSR count). The summed E-state index contributed by atoms with van der Waals surface area (Å²) < 4.78 is 5.40. The summed E-state index contributed by atoms with van der Waals surface area (Å²) in [5.41, 5.74) is 5.32. The second-order valence-corrected chi connectivity index (χ2v) is 8.61. The third-order valence-electron chi connectivity index (χ3n) is 6.79. The van der Waals surface area contributed by atoms with Crippen molar-refractivity contribution in [3.63, 3.8) is 0 Å². The van der Waals surface area contributed by atoms with Gasteiger partial charge >= 0.3 is 0 Å². The summed E-state index contributed by atoms with van der Waals surface area (Å²) in [6.45, 7) is 0.765. The molecule has 5 heteroatoms. The topological polar surface area (TPSA) is 61.8 Å². The van der Waals surface area contributed by atoms with Crippen molar-refractivity contribution in [2.45, 2.75) is 24.9 Å². The zero-order chi connectivity index (χ0) is 22.1. The van der Waals surface area contributed by atoms with Crippen LogP contribution in [-0.2, 0) is 11.2 Å². The first kappa shape index (κ1) is 20.6. The predicted molar refractivity (Wildman–Crippen MR) is 126 cm³/mol. The van der Waals surface area contributed by atoms with Gasteiger partial charge in [-0.2, -0.15) is 0 Å². The Labute approximate surface area is 188 Å². The summed E-state index contributed by atoms with van der Waals surface area (Å²) in [6, 6.07) is 24.2. The maximum atomic E-state index is 13.3. The van der Waals surface area contributed by atoms with Gasteiger partial charge in [-0.15, -0.1) is 0 Å². The fourth-order valence-corrected chi connectivity index (χ4v) is 5.20. The molecule has 3 aromatic carbocycles. The Morgan fingerprint density at radius 2 is 1.88 bits per heavy atom. The number of likely N-dealkylation sites (tertiary alicyclic amines) is 1. The van der Waals surface area contributed by atoms with Crippen LogP contribution < -0.4 is 10.1 Å². The summed E-state index contributed by atoms with van der Waals surface area (Å²) in [4.78, 5) is 15.4. The van der Waals surface area contributed by atoms with Crippen LogP contribution in [-0.4, -0.2) is 42.2 Å². The lowest BCUT2D eigenvalue weighted by atomic mass is 9.82. The third-order valence-corrected chi connectivity index (χ3v) is 6.79. The molecule has 1 amide bonds. The SMILES string of the molecule is COc1cccc(-c2ccc3c(c2)[C@H]2[C@H](CCN2C(=O)Cc2ccccc2)[C@H](CO)N3)c1. The van der Waals surface area contributed by atoms with E-state index in [4.69, 9.17) is 4.74 Å². The van der Waals surface area contributed by atoms with Gasteiger partial charge in [0.05, 0.1) is 32.2 Å². The molecule has 0 radical (unpaired) electrons. The Morgan fingerprint density at radius 3 is 2.66 bits per heavy atom. The second kappa shape index (κ2) is 8.67. The van der Waals surface area contributed by atoms with E-state index in [0.717, 1.165) is 40.1 Å². The number of ether oxygens (including phenoxy) is 1. The number of anilines is 1. The summed E-state index contributed by atoms with van der Waals surface area (Å²) in [6.07, 6.45) is 1.28. The highest BCUT2D eigenvalue weighted by molar-refractivity contribution is 5.81. The number of aliphatic hydroxyl groups excluding tert-OH is 1. The molecule has 2 N–H and O–H groups in total. The molecular formula is C27H28N2O3. The van der Waals surface area contributed by atoms with E-state index in [1.807, 2.05) is 53.4 Å². The first-order valence-electron chi connectivity index (χ1n) is 11.2. The second-order valence-electron chi connectivity index (χ2n) is 8.61. The Bertz CT molecular complexity index is 1110. The normalized spacial score (nSPS) is 21.4. The predicted octanol–water partition coefficient (Wildman–Crippen LogP) is 4.28. The molecule has 3 aromatic rings. The van der Waals surface area contributed by atoms with Gasteiger partial charge in [0.15, 0.2) is 0 Å². The monoisotopic (exact) mass is 428 g/mol. The highest BCUT2D eigenvalue weighted by Gasteiger charge is 2.45. The minimum Gasteiger partial charge on any atom is -0.497 e. The molecule has 3 atom stereocenters. The van der Waals surface area contributed by atoms with E-state index in [2.05, 4.69) is 29.6 Å². The molecule has 2 aliphatic rings. The van der Waals surface area contributed by atoms with Crippen LogP contribution in [0.1, 0.15) is 23.6 Å². The van der Waals surface area contributed by atoms with E-state index in [1.165, 1.54) is 0 Å². The van der Waals surface area contributed by atoms with Gasteiger partial charge in [-0.1, -0.05) is 48.5 Å². The highest BCUT2D eigenvalue weighted by atomic mass is 16.5. The molecule has 1 fully saturated rings. The molecule has 1 saturated heterocycles. The van der Waals surface area contributed by atoms with Crippen molar-refractivity contribution < 1.29 is 14.6 Å². The maximum Gasteiger partial charge on any atom is 0.227 e. The number of benzene rings is 3. The summed E-state index contributed by atoms with van der Waals surface area (Å²) in [5, 5.41) is 13.6. The van der Waals surface area contributed by atoms with Crippen molar-refractivity contribution in [3.8, 4) is 16.9 Å². The molecule has 0 aliphatic carbocycles.